The fraction of sp³-hybridized carbons (Fsp3) is 0.0909. The smallest absolute Gasteiger partial charge is 0.128 e. The molecular weight excluding hydrogens is 280 g/mol. The molecule has 1 heteroatoms. The summed E-state index contributed by atoms with van der Waals surface area (Å²) in [6.07, 6.45) is 4.34. The van der Waals surface area contributed by atoms with Gasteiger partial charge in [-0.1, -0.05) is 84.9 Å². The van der Waals surface area contributed by atoms with E-state index in [0.29, 0.717) is 0 Å². The van der Waals surface area contributed by atoms with Crippen LogP contribution in [-0.4, -0.2) is 6.10 Å². The number of para-hydroxylation sites is 1. The standard InChI is InChI=1S/C22H18O/c1-3-9-17(10-4-1)15-16-21-22(18-11-5-2-6-12-18)19-13-7-8-14-20(19)23-21/h1-16,21-22H/b16-15+/t21-,22-/m1/s1. The normalized spacial score (nSPS) is 19.5. The van der Waals surface area contributed by atoms with Gasteiger partial charge in [-0.2, -0.15) is 0 Å². The summed E-state index contributed by atoms with van der Waals surface area (Å²) >= 11 is 0. The molecule has 0 N–H and O–H groups in total. The lowest BCUT2D eigenvalue weighted by atomic mass is 9.88. The van der Waals surface area contributed by atoms with Gasteiger partial charge in [-0.15, -0.1) is 0 Å². The Morgan fingerprint density at radius 2 is 1.35 bits per heavy atom. The summed E-state index contributed by atoms with van der Waals surface area (Å²) in [6, 6.07) is 29.3. The average molecular weight is 298 g/mol. The summed E-state index contributed by atoms with van der Waals surface area (Å²) in [5.74, 6) is 1.23. The molecule has 1 heterocycles. The first-order valence-corrected chi connectivity index (χ1v) is 7.95. The Bertz CT molecular complexity index is 806. The Morgan fingerprint density at radius 3 is 2.13 bits per heavy atom. The van der Waals surface area contributed by atoms with Crippen molar-refractivity contribution in [2.45, 2.75) is 12.0 Å². The third kappa shape index (κ3) is 2.78. The van der Waals surface area contributed by atoms with Crippen molar-refractivity contribution in [3.05, 3.63) is 108 Å². The van der Waals surface area contributed by atoms with E-state index in [4.69, 9.17) is 4.74 Å². The van der Waals surface area contributed by atoms with Crippen molar-refractivity contribution < 1.29 is 4.74 Å². The van der Waals surface area contributed by atoms with Crippen LogP contribution in [0.25, 0.3) is 6.08 Å². The second-order valence-corrected chi connectivity index (χ2v) is 5.78. The van der Waals surface area contributed by atoms with Crippen molar-refractivity contribution in [3.63, 3.8) is 0 Å². The van der Waals surface area contributed by atoms with Gasteiger partial charge < -0.3 is 4.74 Å². The van der Waals surface area contributed by atoms with Crippen molar-refractivity contribution in [2.75, 3.05) is 0 Å². The van der Waals surface area contributed by atoms with Gasteiger partial charge in [0.15, 0.2) is 0 Å². The van der Waals surface area contributed by atoms with E-state index in [1.807, 2.05) is 12.1 Å². The topological polar surface area (TPSA) is 9.23 Å². The van der Waals surface area contributed by atoms with E-state index in [1.165, 1.54) is 16.7 Å². The summed E-state index contributed by atoms with van der Waals surface area (Å²) in [4.78, 5) is 0. The molecule has 0 unspecified atom stereocenters. The van der Waals surface area contributed by atoms with Crippen LogP contribution in [0.15, 0.2) is 91.0 Å². The predicted octanol–water partition coefficient (Wildman–Crippen LogP) is 5.29. The molecule has 0 saturated heterocycles. The minimum Gasteiger partial charge on any atom is -0.485 e. The fourth-order valence-corrected chi connectivity index (χ4v) is 3.19. The molecule has 1 aliphatic rings. The zero-order valence-electron chi connectivity index (χ0n) is 12.8. The number of benzene rings is 3. The van der Waals surface area contributed by atoms with Crippen molar-refractivity contribution in [2.24, 2.45) is 0 Å². The Kier molecular flexibility index (Phi) is 3.69. The molecule has 3 aromatic rings. The largest absolute Gasteiger partial charge is 0.485 e. The molecule has 0 saturated carbocycles. The molecule has 112 valence electrons. The van der Waals surface area contributed by atoms with E-state index in [1.54, 1.807) is 0 Å². The molecule has 0 spiro atoms. The lowest BCUT2D eigenvalue weighted by molar-refractivity contribution is 0.269. The second kappa shape index (κ2) is 6.13. The van der Waals surface area contributed by atoms with Gasteiger partial charge in [-0.25, -0.2) is 0 Å². The Hall–Kier alpha value is -2.80. The maximum Gasteiger partial charge on any atom is 0.128 e. The van der Waals surface area contributed by atoms with Crippen LogP contribution in [0.1, 0.15) is 22.6 Å². The summed E-state index contributed by atoms with van der Waals surface area (Å²) in [7, 11) is 0. The molecular formula is C22H18O. The van der Waals surface area contributed by atoms with Crippen LogP contribution in [0.4, 0.5) is 0 Å². The van der Waals surface area contributed by atoms with Gasteiger partial charge in [0.25, 0.3) is 0 Å². The summed E-state index contributed by atoms with van der Waals surface area (Å²) in [5.41, 5.74) is 3.75. The lowest BCUT2D eigenvalue weighted by Gasteiger charge is -2.16. The molecule has 0 aromatic heterocycles. The van der Waals surface area contributed by atoms with Gasteiger partial charge in [-0.3, -0.25) is 0 Å². The lowest BCUT2D eigenvalue weighted by Crippen LogP contribution is -2.16. The zero-order chi connectivity index (χ0) is 15.5. The van der Waals surface area contributed by atoms with Crippen LogP contribution in [0.5, 0.6) is 5.75 Å². The van der Waals surface area contributed by atoms with Gasteiger partial charge >= 0.3 is 0 Å². The van der Waals surface area contributed by atoms with Gasteiger partial charge in [0.05, 0.1) is 5.92 Å². The first-order chi connectivity index (χ1) is 11.4. The molecule has 0 aliphatic carbocycles. The first kappa shape index (κ1) is 13.8. The number of rotatable bonds is 3. The van der Waals surface area contributed by atoms with Crippen molar-refractivity contribution in [3.8, 4) is 5.75 Å². The molecule has 2 atom stereocenters. The van der Waals surface area contributed by atoms with Crippen LogP contribution in [0, 0.1) is 0 Å². The van der Waals surface area contributed by atoms with E-state index in [2.05, 4.69) is 84.9 Å². The number of fused-ring (bicyclic) bond motifs is 1. The van der Waals surface area contributed by atoms with Crippen LogP contribution < -0.4 is 4.74 Å². The van der Waals surface area contributed by atoms with Crippen molar-refractivity contribution >= 4 is 6.08 Å². The summed E-state index contributed by atoms with van der Waals surface area (Å²) in [5, 5.41) is 0. The minimum atomic E-state index is 0.0232. The molecule has 0 fully saturated rings. The Balaban J connectivity index is 1.70. The number of ether oxygens (including phenoxy) is 1. The van der Waals surface area contributed by atoms with Crippen molar-refractivity contribution in [1.82, 2.24) is 0 Å². The molecule has 0 bridgehead atoms. The summed E-state index contributed by atoms with van der Waals surface area (Å²) < 4.78 is 6.21. The SMILES string of the molecule is C(=C\[C@H]1Oc2ccccc2[C@H]1c1ccccc1)/c1ccccc1. The van der Waals surface area contributed by atoms with Crippen LogP contribution in [0.2, 0.25) is 0 Å². The molecule has 1 nitrogen and oxygen atoms in total. The van der Waals surface area contributed by atoms with Gasteiger partial charge in [-0.05, 0) is 23.3 Å². The molecule has 0 amide bonds. The second-order valence-electron chi connectivity index (χ2n) is 5.78. The quantitative estimate of drug-likeness (QED) is 0.638. The predicted molar refractivity (Wildman–Crippen MR) is 94.6 cm³/mol. The van der Waals surface area contributed by atoms with Crippen LogP contribution in [0.3, 0.4) is 0 Å². The first-order valence-electron chi connectivity index (χ1n) is 7.95. The van der Waals surface area contributed by atoms with Crippen molar-refractivity contribution in [1.29, 1.82) is 0 Å². The highest BCUT2D eigenvalue weighted by Gasteiger charge is 2.33. The van der Waals surface area contributed by atoms with Gasteiger partial charge in [0.2, 0.25) is 0 Å². The van der Waals surface area contributed by atoms with E-state index in [0.717, 1.165) is 5.75 Å². The van der Waals surface area contributed by atoms with E-state index >= 15 is 0 Å². The van der Waals surface area contributed by atoms with Gasteiger partial charge in [0.1, 0.15) is 11.9 Å². The van der Waals surface area contributed by atoms with Crippen LogP contribution in [-0.2, 0) is 0 Å². The molecule has 4 rings (SSSR count). The molecule has 23 heavy (non-hydrogen) atoms. The Morgan fingerprint density at radius 1 is 0.696 bits per heavy atom. The number of hydrogen-bond acceptors (Lipinski definition) is 1. The average Bonchev–Trinajstić information content (AvgIpc) is 3.00. The van der Waals surface area contributed by atoms with E-state index < -0.39 is 0 Å². The van der Waals surface area contributed by atoms with E-state index in [9.17, 15) is 0 Å². The van der Waals surface area contributed by atoms with Crippen LogP contribution >= 0.6 is 0 Å². The highest BCUT2D eigenvalue weighted by Crippen LogP contribution is 2.42. The monoisotopic (exact) mass is 298 g/mol. The number of hydrogen-bond donors (Lipinski definition) is 0. The summed E-state index contributed by atoms with van der Waals surface area (Å²) in [6.45, 7) is 0. The molecule has 0 radical (unpaired) electrons. The maximum atomic E-state index is 6.21. The van der Waals surface area contributed by atoms with E-state index in [-0.39, 0.29) is 12.0 Å². The fourth-order valence-electron chi connectivity index (χ4n) is 3.19. The highest BCUT2D eigenvalue weighted by atomic mass is 16.5. The highest BCUT2D eigenvalue weighted by molar-refractivity contribution is 5.54. The maximum absolute atomic E-state index is 6.21. The molecule has 3 aromatic carbocycles. The third-order valence-corrected chi connectivity index (χ3v) is 4.28. The zero-order valence-corrected chi connectivity index (χ0v) is 12.8. The third-order valence-electron chi connectivity index (χ3n) is 4.28. The Labute approximate surface area is 136 Å². The molecule has 1 aliphatic heterocycles. The minimum absolute atomic E-state index is 0.0232. The van der Waals surface area contributed by atoms with Gasteiger partial charge in [0, 0.05) is 5.56 Å².